The van der Waals surface area contributed by atoms with Gasteiger partial charge in [-0.25, -0.2) is 9.97 Å². The molecule has 0 fully saturated rings. The molecule has 6 heteroatoms. The number of benzene rings is 1. The van der Waals surface area contributed by atoms with Gasteiger partial charge in [0, 0.05) is 18.1 Å². The Morgan fingerprint density at radius 3 is 2.32 bits per heavy atom. The Labute approximate surface area is 121 Å². The molecule has 1 aromatic carbocycles. The molecule has 0 aliphatic heterocycles. The lowest BCUT2D eigenvalue weighted by Gasteiger charge is -2.11. The lowest BCUT2D eigenvalue weighted by atomic mass is 10.1. The van der Waals surface area contributed by atoms with E-state index in [1.165, 1.54) is 6.33 Å². The number of methoxy groups -OCH3 is 2. The van der Waals surface area contributed by atoms with Gasteiger partial charge < -0.3 is 9.47 Å². The number of nitrogens with zero attached hydrogens (tertiary/aromatic N) is 2. The Hall–Kier alpha value is -1.52. The molecule has 0 atom stereocenters. The summed E-state index contributed by atoms with van der Waals surface area (Å²) in [6.07, 6.45) is 1.82. The van der Waals surface area contributed by atoms with Crippen LogP contribution in [0.25, 0.3) is 0 Å². The first-order chi connectivity index (χ1) is 9.15. The molecule has 0 radical (unpaired) electrons. The summed E-state index contributed by atoms with van der Waals surface area (Å²) < 4.78 is 10.5. The molecule has 0 bridgehead atoms. The number of hydrogen-bond acceptors (Lipinski definition) is 4. The Balaban J connectivity index is 2.38. The normalized spacial score (nSPS) is 10.3. The minimum Gasteiger partial charge on any atom is -0.497 e. The molecule has 0 aliphatic rings. The van der Waals surface area contributed by atoms with Gasteiger partial charge in [0.05, 0.1) is 14.2 Å². The molecule has 100 valence electrons. The molecule has 1 heterocycles. The van der Waals surface area contributed by atoms with Crippen LogP contribution in [0.15, 0.2) is 24.5 Å². The van der Waals surface area contributed by atoms with Crippen LogP contribution in [-0.4, -0.2) is 24.2 Å². The van der Waals surface area contributed by atoms with Crippen LogP contribution >= 0.6 is 23.2 Å². The van der Waals surface area contributed by atoms with E-state index in [2.05, 4.69) is 9.97 Å². The van der Waals surface area contributed by atoms with Crippen molar-refractivity contribution in [1.29, 1.82) is 0 Å². The molecule has 4 nitrogen and oxygen atoms in total. The number of rotatable bonds is 4. The average Bonchev–Trinajstić information content (AvgIpc) is 2.43. The van der Waals surface area contributed by atoms with Crippen molar-refractivity contribution < 1.29 is 9.47 Å². The predicted molar refractivity (Wildman–Crippen MR) is 74.4 cm³/mol. The van der Waals surface area contributed by atoms with E-state index in [0.717, 1.165) is 11.3 Å². The van der Waals surface area contributed by atoms with Gasteiger partial charge in [-0.1, -0.05) is 29.3 Å². The van der Waals surface area contributed by atoms with Gasteiger partial charge >= 0.3 is 0 Å². The Morgan fingerprint density at radius 2 is 1.74 bits per heavy atom. The molecule has 19 heavy (non-hydrogen) atoms. The maximum absolute atomic E-state index is 6.03. The molecule has 2 aromatic rings. The molecule has 0 aliphatic carbocycles. The summed E-state index contributed by atoms with van der Waals surface area (Å²) in [5, 5.41) is 0.691. The minimum absolute atomic E-state index is 0.345. The van der Waals surface area contributed by atoms with Crippen molar-refractivity contribution in [3.8, 4) is 11.5 Å². The van der Waals surface area contributed by atoms with Crippen LogP contribution in [0.3, 0.4) is 0 Å². The molecule has 0 saturated heterocycles. The highest BCUT2D eigenvalue weighted by atomic mass is 35.5. The maximum Gasteiger partial charge on any atom is 0.137 e. The van der Waals surface area contributed by atoms with Gasteiger partial charge in [0.25, 0.3) is 0 Å². The fourth-order valence-electron chi connectivity index (χ4n) is 1.71. The van der Waals surface area contributed by atoms with Crippen molar-refractivity contribution in [3.63, 3.8) is 0 Å². The second-order valence-electron chi connectivity index (χ2n) is 3.79. The number of hydrogen-bond donors (Lipinski definition) is 0. The summed E-state index contributed by atoms with van der Waals surface area (Å²) in [6.45, 7) is 0. The minimum atomic E-state index is 0.345. The summed E-state index contributed by atoms with van der Waals surface area (Å²) >= 11 is 12.1. The summed E-state index contributed by atoms with van der Waals surface area (Å²) in [6, 6.07) is 5.56. The zero-order chi connectivity index (χ0) is 13.8. The van der Waals surface area contributed by atoms with Crippen LogP contribution in [-0.2, 0) is 6.42 Å². The Kier molecular flexibility index (Phi) is 4.45. The van der Waals surface area contributed by atoms with Crippen LogP contribution in [0.2, 0.25) is 10.3 Å². The van der Waals surface area contributed by atoms with Gasteiger partial charge in [-0.15, -0.1) is 0 Å². The van der Waals surface area contributed by atoms with Crippen molar-refractivity contribution in [2.75, 3.05) is 14.2 Å². The van der Waals surface area contributed by atoms with E-state index in [1.807, 2.05) is 12.1 Å². The zero-order valence-corrected chi connectivity index (χ0v) is 12.0. The van der Waals surface area contributed by atoms with E-state index in [1.54, 1.807) is 20.3 Å². The zero-order valence-electron chi connectivity index (χ0n) is 10.5. The Bertz CT molecular complexity index is 571. The van der Waals surface area contributed by atoms with Crippen LogP contribution in [0.4, 0.5) is 0 Å². The van der Waals surface area contributed by atoms with Crippen LogP contribution in [0.1, 0.15) is 11.1 Å². The van der Waals surface area contributed by atoms with E-state index in [9.17, 15) is 0 Å². The smallest absolute Gasteiger partial charge is 0.137 e. The van der Waals surface area contributed by atoms with Crippen LogP contribution < -0.4 is 9.47 Å². The number of ether oxygens (including phenoxy) is 2. The van der Waals surface area contributed by atoms with E-state index < -0.39 is 0 Å². The third-order valence-corrected chi connectivity index (χ3v) is 3.35. The summed E-state index contributed by atoms with van der Waals surface area (Å²) in [4.78, 5) is 7.86. The molecular formula is C13H12Cl2N2O2. The van der Waals surface area contributed by atoms with Crippen LogP contribution in [0, 0.1) is 0 Å². The van der Waals surface area contributed by atoms with Gasteiger partial charge in [0.15, 0.2) is 0 Å². The van der Waals surface area contributed by atoms with E-state index in [0.29, 0.717) is 28.0 Å². The first kappa shape index (κ1) is 13.9. The van der Waals surface area contributed by atoms with Crippen molar-refractivity contribution in [1.82, 2.24) is 9.97 Å². The standard InChI is InChI=1S/C13H12Cl2N2O2/c1-18-9-4-3-8(11(6-9)19-2)5-10-12(14)16-7-17-13(10)15/h3-4,6-7H,5H2,1-2H3. The van der Waals surface area contributed by atoms with Crippen molar-refractivity contribution in [2.24, 2.45) is 0 Å². The number of aromatic nitrogens is 2. The van der Waals surface area contributed by atoms with E-state index in [4.69, 9.17) is 32.7 Å². The van der Waals surface area contributed by atoms with Crippen LogP contribution in [0.5, 0.6) is 11.5 Å². The maximum atomic E-state index is 6.03. The van der Waals surface area contributed by atoms with E-state index in [-0.39, 0.29) is 0 Å². The topological polar surface area (TPSA) is 44.2 Å². The second-order valence-corrected chi connectivity index (χ2v) is 4.50. The predicted octanol–water partition coefficient (Wildman–Crippen LogP) is 3.39. The van der Waals surface area contributed by atoms with Gasteiger partial charge in [-0.3, -0.25) is 0 Å². The molecule has 0 N–H and O–H groups in total. The summed E-state index contributed by atoms with van der Waals surface area (Å²) in [5.74, 6) is 1.43. The summed E-state index contributed by atoms with van der Waals surface area (Å²) in [7, 11) is 3.20. The Morgan fingerprint density at radius 1 is 1.05 bits per heavy atom. The molecule has 0 amide bonds. The highest BCUT2D eigenvalue weighted by Crippen LogP contribution is 2.30. The van der Waals surface area contributed by atoms with Gasteiger partial charge in [-0.05, 0) is 11.6 Å². The van der Waals surface area contributed by atoms with Crippen molar-refractivity contribution in [3.05, 3.63) is 46.0 Å². The lowest BCUT2D eigenvalue weighted by molar-refractivity contribution is 0.391. The highest BCUT2D eigenvalue weighted by molar-refractivity contribution is 6.34. The SMILES string of the molecule is COc1ccc(Cc2c(Cl)ncnc2Cl)c(OC)c1. The molecule has 0 saturated carbocycles. The van der Waals surface area contributed by atoms with Gasteiger partial charge in [-0.2, -0.15) is 0 Å². The molecule has 0 spiro atoms. The van der Waals surface area contributed by atoms with Gasteiger partial charge in [0.2, 0.25) is 0 Å². The highest BCUT2D eigenvalue weighted by Gasteiger charge is 2.12. The van der Waals surface area contributed by atoms with E-state index >= 15 is 0 Å². The first-order valence-electron chi connectivity index (χ1n) is 5.51. The molecule has 1 aromatic heterocycles. The quantitative estimate of drug-likeness (QED) is 0.812. The first-order valence-corrected chi connectivity index (χ1v) is 6.27. The largest absolute Gasteiger partial charge is 0.497 e. The summed E-state index contributed by atoms with van der Waals surface area (Å²) in [5.41, 5.74) is 1.61. The lowest BCUT2D eigenvalue weighted by Crippen LogP contribution is -1.98. The third-order valence-electron chi connectivity index (χ3n) is 2.70. The monoisotopic (exact) mass is 298 g/mol. The average molecular weight is 299 g/mol. The molecule has 0 unspecified atom stereocenters. The fraction of sp³-hybridized carbons (Fsp3) is 0.231. The van der Waals surface area contributed by atoms with Crippen molar-refractivity contribution in [2.45, 2.75) is 6.42 Å². The van der Waals surface area contributed by atoms with Gasteiger partial charge in [0.1, 0.15) is 28.1 Å². The second kappa shape index (κ2) is 6.08. The fourth-order valence-corrected chi connectivity index (χ4v) is 2.15. The van der Waals surface area contributed by atoms with Crippen molar-refractivity contribution >= 4 is 23.2 Å². The third kappa shape index (κ3) is 3.08. The molecular weight excluding hydrogens is 287 g/mol. The molecule has 2 rings (SSSR count). The number of halogens is 2.